The van der Waals surface area contributed by atoms with Gasteiger partial charge in [-0.1, -0.05) is 12.1 Å². The highest BCUT2D eigenvalue weighted by Gasteiger charge is 2.39. The summed E-state index contributed by atoms with van der Waals surface area (Å²) in [5.74, 6) is 1.39. The second-order valence-corrected chi connectivity index (χ2v) is 6.96. The topological polar surface area (TPSA) is 59.0 Å². The van der Waals surface area contributed by atoms with Crippen LogP contribution in [0.1, 0.15) is 48.0 Å². The Balaban J connectivity index is 0.00000121. The fraction of sp³-hybridized carbons (Fsp3) is 0.474. The van der Waals surface area contributed by atoms with Gasteiger partial charge in [0.25, 0.3) is 5.91 Å². The van der Waals surface area contributed by atoms with Gasteiger partial charge in [-0.2, -0.15) is 5.10 Å². The summed E-state index contributed by atoms with van der Waals surface area (Å²) in [5.41, 5.74) is 2.72. The molecule has 0 radical (unpaired) electrons. The fourth-order valence-corrected chi connectivity index (χ4v) is 3.14. The molecular weight excluding hydrogens is 371 g/mol. The van der Waals surface area contributed by atoms with E-state index in [-0.39, 0.29) is 30.7 Å². The van der Waals surface area contributed by atoms with Gasteiger partial charge in [0, 0.05) is 30.3 Å². The number of anilines is 1. The number of halogens is 2. The third-order valence-corrected chi connectivity index (χ3v) is 4.95. The largest absolute Gasteiger partial charge is 0.319 e. The number of aryl methyl sites for hydroxylation is 1. The van der Waals surface area contributed by atoms with Crippen molar-refractivity contribution in [2.24, 2.45) is 5.92 Å². The summed E-state index contributed by atoms with van der Waals surface area (Å²) in [6, 6.07) is 8.61. The fourth-order valence-electron chi connectivity index (χ4n) is 3.14. The molecule has 2 N–H and O–H groups in total. The van der Waals surface area contributed by atoms with E-state index in [4.69, 9.17) is 0 Å². The molecular formula is C19H26Cl2N4O. The molecule has 26 heavy (non-hydrogen) atoms. The maximum Gasteiger partial charge on any atom is 0.255 e. The van der Waals surface area contributed by atoms with Gasteiger partial charge in [-0.05, 0) is 56.3 Å². The van der Waals surface area contributed by atoms with E-state index in [1.165, 1.54) is 24.8 Å². The Hall–Kier alpha value is -1.56. The Morgan fingerprint density at radius 2 is 2.12 bits per heavy atom. The summed E-state index contributed by atoms with van der Waals surface area (Å²) >= 11 is 0. The molecule has 7 heteroatoms. The van der Waals surface area contributed by atoms with Crippen LogP contribution in [-0.4, -0.2) is 28.3 Å². The Morgan fingerprint density at radius 3 is 2.81 bits per heavy atom. The Bertz CT molecular complexity index is 745. The standard InChI is InChI=1S/C19H24N4O.2ClH/c1-2-23-12-16(11-21-23)22-19(24)15-5-3-4-14(8-15)17-9-18(17)20-10-13-6-7-13;;/h3-5,8,11-13,17-18,20H,2,6-7,9-10H2,1H3,(H,22,24);2*1H/t17-,18+;;/m0../s1. The van der Waals surface area contributed by atoms with Crippen LogP contribution in [0.4, 0.5) is 5.69 Å². The predicted octanol–water partition coefficient (Wildman–Crippen LogP) is 3.85. The molecule has 2 aliphatic carbocycles. The number of benzene rings is 1. The van der Waals surface area contributed by atoms with Crippen molar-refractivity contribution < 1.29 is 4.79 Å². The van der Waals surface area contributed by atoms with Crippen molar-refractivity contribution >= 4 is 36.4 Å². The van der Waals surface area contributed by atoms with Crippen LogP contribution in [0.25, 0.3) is 0 Å². The van der Waals surface area contributed by atoms with Gasteiger partial charge in [-0.3, -0.25) is 9.48 Å². The molecule has 0 spiro atoms. The second-order valence-electron chi connectivity index (χ2n) is 6.96. The Morgan fingerprint density at radius 1 is 1.31 bits per heavy atom. The number of rotatable bonds is 7. The first kappa shape index (κ1) is 20.7. The summed E-state index contributed by atoms with van der Waals surface area (Å²) in [5, 5.41) is 10.8. The van der Waals surface area contributed by atoms with E-state index in [9.17, 15) is 4.79 Å². The lowest BCUT2D eigenvalue weighted by atomic mass is 10.1. The summed E-state index contributed by atoms with van der Waals surface area (Å²) in [7, 11) is 0. The van der Waals surface area contributed by atoms with Crippen LogP contribution in [0.5, 0.6) is 0 Å². The summed E-state index contributed by atoms with van der Waals surface area (Å²) in [4.78, 5) is 12.4. The normalized spacial score (nSPS) is 20.7. The highest BCUT2D eigenvalue weighted by molar-refractivity contribution is 6.04. The van der Waals surface area contributed by atoms with Crippen molar-refractivity contribution in [3.63, 3.8) is 0 Å². The highest BCUT2D eigenvalue weighted by atomic mass is 35.5. The average Bonchev–Trinajstić information content (AvgIpc) is 3.51. The molecule has 2 saturated carbocycles. The first-order valence-electron chi connectivity index (χ1n) is 8.90. The zero-order chi connectivity index (χ0) is 16.5. The van der Waals surface area contributed by atoms with E-state index in [0.29, 0.717) is 17.5 Å². The SMILES string of the molecule is CCn1cc(NC(=O)c2cccc([C@@H]3C[C@H]3NCC3CC3)c2)cn1.Cl.Cl. The summed E-state index contributed by atoms with van der Waals surface area (Å²) in [6.45, 7) is 3.97. The lowest BCUT2D eigenvalue weighted by Crippen LogP contribution is -2.20. The van der Waals surface area contributed by atoms with Crippen LogP contribution in [-0.2, 0) is 6.54 Å². The molecule has 1 aromatic carbocycles. The van der Waals surface area contributed by atoms with Crippen molar-refractivity contribution in [2.45, 2.75) is 44.7 Å². The molecule has 1 amide bonds. The van der Waals surface area contributed by atoms with E-state index in [1.807, 2.05) is 31.3 Å². The van der Waals surface area contributed by atoms with Gasteiger partial charge in [-0.15, -0.1) is 24.8 Å². The molecule has 2 aromatic rings. The number of hydrogen-bond acceptors (Lipinski definition) is 3. The molecule has 0 saturated heterocycles. The number of nitrogens with one attached hydrogen (secondary N) is 2. The molecule has 5 nitrogen and oxygen atoms in total. The van der Waals surface area contributed by atoms with Gasteiger partial charge < -0.3 is 10.6 Å². The maximum atomic E-state index is 12.4. The minimum atomic E-state index is -0.0735. The monoisotopic (exact) mass is 396 g/mol. The van der Waals surface area contributed by atoms with E-state index in [1.54, 1.807) is 10.9 Å². The Kier molecular flexibility index (Phi) is 7.09. The number of carbonyl (C=O) groups excluding carboxylic acids is 1. The van der Waals surface area contributed by atoms with Crippen LogP contribution in [0.15, 0.2) is 36.7 Å². The van der Waals surface area contributed by atoms with Crippen molar-refractivity contribution in [3.05, 3.63) is 47.8 Å². The average molecular weight is 397 g/mol. The number of aromatic nitrogens is 2. The number of carbonyl (C=O) groups is 1. The van der Waals surface area contributed by atoms with E-state index < -0.39 is 0 Å². The van der Waals surface area contributed by atoms with Gasteiger partial charge in [0.2, 0.25) is 0 Å². The third kappa shape index (κ3) is 5.00. The van der Waals surface area contributed by atoms with Crippen LogP contribution >= 0.6 is 24.8 Å². The van der Waals surface area contributed by atoms with Gasteiger partial charge >= 0.3 is 0 Å². The molecule has 0 aliphatic heterocycles. The summed E-state index contributed by atoms with van der Waals surface area (Å²) < 4.78 is 1.80. The van der Waals surface area contributed by atoms with Gasteiger partial charge in [-0.25, -0.2) is 0 Å². The van der Waals surface area contributed by atoms with Gasteiger partial charge in [0.15, 0.2) is 0 Å². The quantitative estimate of drug-likeness (QED) is 0.746. The molecule has 0 bridgehead atoms. The molecule has 4 rings (SSSR count). The zero-order valence-electron chi connectivity index (χ0n) is 14.9. The second kappa shape index (κ2) is 8.89. The van der Waals surface area contributed by atoms with Crippen LogP contribution in [0.2, 0.25) is 0 Å². The third-order valence-electron chi connectivity index (χ3n) is 4.95. The predicted molar refractivity (Wildman–Crippen MR) is 109 cm³/mol. The van der Waals surface area contributed by atoms with E-state index in [0.717, 1.165) is 24.7 Å². The van der Waals surface area contributed by atoms with Crippen LogP contribution in [0.3, 0.4) is 0 Å². The molecule has 2 aliphatic rings. The molecule has 1 heterocycles. The van der Waals surface area contributed by atoms with Crippen molar-refractivity contribution in [1.29, 1.82) is 0 Å². The zero-order valence-corrected chi connectivity index (χ0v) is 16.5. The Labute approximate surface area is 166 Å². The smallest absolute Gasteiger partial charge is 0.255 e. The lowest BCUT2D eigenvalue weighted by molar-refractivity contribution is 0.102. The van der Waals surface area contributed by atoms with Crippen LogP contribution < -0.4 is 10.6 Å². The van der Waals surface area contributed by atoms with Gasteiger partial charge in [0.1, 0.15) is 0 Å². The van der Waals surface area contributed by atoms with Crippen molar-refractivity contribution in [3.8, 4) is 0 Å². The van der Waals surface area contributed by atoms with E-state index in [2.05, 4.69) is 21.8 Å². The number of hydrogen-bond donors (Lipinski definition) is 2. The van der Waals surface area contributed by atoms with Crippen molar-refractivity contribution in [1.82, 2.24) is 15.1 Å². The molecule has 1 aromatic heterocycles. The summed E-state index contributed by atoms with van der Waals surface area (Å²) in [6.07, 6.45) is 7.48. The molecule has 2 fully saturated rings. The number of amides is 1. The first-order valence-corrected chi connectivity index (χ1v) is 8.90. The highest BCUT2D eigenvalue weighted by Crippen LogP contribution is 2.41. The molecule has 2 atom stereocenters. The maximum absolute atomic E-state index is 12.4. The molecule has 142 valence electrons. The molecule has 0 unspecified atom stereocenters. The van der Waals surface area contributed by atoms with Crippen LogP contribution in [0, 0.1) is 5.92 Å². The van der Waals surface area contributed by atoms with E-state index >= 15 is 0 Å². The van der Waals surface area contributed by atoms with Crippen molar-refractivity contribution in [2.75, 3.05) is 11.9 Å². The minimum absolute atomic E-state index is 0. The minimum Gasteiger partial charge on any atom is -0.319 e. The number of nitrogens with zero attached hydrogens (tertiary/aromatic N) is 2. The van der Waals surface area contributed by atoms with Gasteiger partial charge in [0.05, 0.1) is 11.9 Å². The first-order chi connectivity index (χ1) is 11.7. The lowest BCUT2D eigenvalue weighted by Gasteiger charge is -2.06.